The number of halogens is 1. The number of nitrogens with one attached hydrogen (secondary N) is 1. The first kappa shape index (κ1) is 17.9. The number of anilines is 1. The standard InChI is InChI=1S/C18H15BrN4O3/c1-10(24)22-12-7-14(19)17(21-9-12)25-16-13-6-11(8-20)4-5-15(13)26-18(2,3)23-16/h4-7,9H,1-3H3,(H,22,24). The number of carbonyl (C=O) groups is 1. The van der Waals surface area contributed by atoms with E-state index in [-0.39, 0.29) is 11.8 Å². The quantitative estimate of drug-likeness (QED) is 0.808. The first-order valence-electron chi connectivity index (χ1n) is 7.72. The summed E-state index contributed by atoms with van der Waals surface area (Å²) in [6, 6.07) is 8.82. The summed E-state index contributed by atoms with van der Waals surface area (Å²) in [6.07, 6.45) is 1.49. The van der Waals surface area contributed by atoms with Gasteiger partial charge >= 0.3 is 0 Å². The molecule has 26 heavy (non-hydrogen) atoms. The third-order valence-electron chi connectivity index (χ3n) is 3.39. The van der Waals surface area contributed by atoms with Gasteiger partial charge in [-0.15, -0.1) is 0 Å². The number of amides is 1. The molecule has 2 aromatic rings. The second-order valence-corrected chi connectivity index (χ2v) is 6.94. The number of fused-ring (bicyclic) bond motifs is 1. The first-order valence-corrected chi connectivity index (χ1v) is 8.51. The number of aromatic nitrogens is 1. The second kappa shape index (κ2) is 6.77. The zero-order valence-corrected chi connectivity index (χ0v) is 15.9. The Hall–Kier alpha value is -2.92. The van der Waals surface area contributed by atoms with Crippen molar-refractivity contribution in [1.82, 2.24) is 4.98 Å². The first-order chi connectivity index (χ1) is 12.3. The molecule has 132 valence electrons. The van der Waals surface area contributed by atoms with E-state index in [4.69, 9.17) is 14.7 Å². The van der Waals surface area contributed by atoms with Crippen LogP contribution in [0.3, 0.4) is 0 Å². The highest BCUT2D eigenvalue weighted by Crippen LogP contribution is 2.33. The number of hydrogen-bond donors (Lipinski definition) is 1. The van der Waals surface area contributed by atoms with E-state index in [0.717, 1.165) is 0 Å². The van der Waals surface area contributed by atoms with Crippen molar-refractivity contribution >= 4 is 33.4 Å². The van der Waals surface area contributed by atoms with E-state index in [1.807, 2.05) is 0 Å². The number of pyridine rings is 1. The van der Waals surface area contributed by atoms with Crippen molar-refractivity contribution in [2.24, 2.45) is 4.99 Å². The summed E-state index contributed by atoms with van der Waals surface area (Å²) < 4.78 is 12.3. The number of ether oxygens (including phenoxy) is 2. The van der Waals surface area contributed by atoms with Gasteiger partial charge in [0.2, 0.25) is 17.7 Å². The van der Waals surface area contributed by atoms with Crippen molar-refractivity contribution < 1.29 is 14.3 Å². The van der Waals surface area contributed by atoms with Crippen molar-refractivity contribution in [2.75, 3.05) is 5.32 Å². The Bertz CT molecular complexity index is 963. The van der Waals surface area contributed by atoms with E-state index in [1.54, 1.807) is 38.1 Å². The van der Waals surface area contributed by atoms with Gasteiger partial charge in [-0.2, -0.15) is 5.26 Å². The van der Waals surface area contributed by atoms with Crippen molar-refractivity contribution in [3.05, 3.63) is 46.1 Å². The third kappa shape index (κ3) is 3.83. The molecular weight excluding hydrogens is 400 g/mol. The molecule has 0 unspecified atom stereocenters. The zero-order chi connectivity index (χ0) is 18.9. The number of nitrogens with zero attached hydrogens (tertiary/aromatic N) is 3. The Morgan fingerprint density at radius 1 is 1.38 bits per heavy atom. The van der Waals surface area contributed by atoms with Gasteiger partial charge < -0.3 is 14.8 Å². The fraction of sp³-hybridized carbons (Fsp3) is 0.222. The van der Waals surface area contributed by atoms with E-state index in [1.165, 1.54) is 13.1 Å². The van der Waals surface area contributed by atoms with Crippen LogP contribution in [0.2, 0.25) is 0 Å². The Kier molecular flexibility index (Phi) is 4.66. The Balaban J connectivity index is 1.97. The number of benzene rings is 1. The molecule has 0 spiro atoms. The molecule has 1 aromatic carbocycles. The summed E-state index contributed by atoms with van der Waals surface area (Å²) in [6.45, 7) is 5.03. The molecule has 3 rings (SSSR count). The van der Waals surface area contributed by atoms with Crippen molar-refractivity contribution in [3.8, 4) is 17.7 Å². The van der Waals surface area contributed by atoms with Gasteiger partial charge in [-0.3, -0.25) is 4.79 Å². The molecule has 0 saturated heterocycles. The van der Waals surface area contributed by atoms with Crippen molar-refractivity contribution in [1.29, 1.82) is 5.26 Å². The minimum Gasteiger partial charge on any atom is -0.466 e. The lowest BCUT2D eigenvalue weighted by atomic mass is 10.1. The maximum Gasteiger partial charge on any atom is 0.235 e. The van der Waals surface area contributed by atoms with Gasteiger partial charge in [0, 0.05) is 6.92 Å². The van der Waals surface area contributed by atoms with Crippen LogP contribution >= 0.6 is 15.9 Å². The van der Waals surface area contributed by atoms with Crippen LogP contribution in [0.5, 0.6) is 11.6 Å². The molecule has 0 fully saturated rings. The van der Waals surface area contributed by atoms with E-state index < -0.39 is 5.72 Å². The smallest absolute Gasteiger partial charge is 0.235 e. The average Bonchev–Trinajstić information content (AvgIpc) is 2.55. The zero-order valence-electron chi connectivity index (χ0n) is 14.3. The van der Waals surface area contributed by atoms with Gasteiger partial charge in [0.1, 0.15) is 5.75 Å². The largest absolute Gasteiger partial charge is 0.466 e. The molecule has 0 aliphatic carbocycles. The predicted molar refractivity (Wildman–Crippen MR) is 99.3 cm³/mol. The molecule has 2 heterocycles. The molecule has 1 amide bonds. The lowest BCUT2D eigenvalue weighted by molar-refractivity contribution is -0.114. The number of rotatable bonds is 2. The molecule has 0 atom stereocenters. The van der Waals surface area contributed by atoms with Crippen LogP contribution in [0.1, 0.15) is 31.9 Å². The summed E-state index contributed by atoms with van der Waals surface area (Å²) in [5, 5.41) is 11.8. The van der Waals surface area contributed by atoms with Crippen LogP contribution in [-0.4, -0.2) is 22.5 Å². The number of aliphatic imine (C=N–C) groups is 1. The van der Waals surface area contributed by atoms with Crippen LogP contribution in [0.25, 0.3) is 0 Å². The van der Waals surface area contributed by atoms with Crippen LogP contribution < -0.4 is 14.8 Å². The van der Waals surface area contributed by atoms with E-state index in [2.05, 4.69) is 37.3 Å². The minimum atomic E-state index is -0.820. The molecular formula is C18H15BrN4O3. The molecule has 1 aliphatic heterocycles. The maximum absolute atomic E-state index is 11.2. The molecule has 1 N–H and O–H groups in total. The van der Waals surface area contributed by atoms with Gasteiger partial charge in [0.25, 0.3) is 0 Å². The molecule has 1 aliphatic rings. The molecule has 8 heteroatoms. The highest BCUT2D eigenvalue weighted by molar-refractivity contribution is 9.10. The molecule has 0 radical (unpaired) electrons. The second-order valence-electron chi connectivity index (χ2n) is 6.08. The minimum absolute atomic E-state index is 0.194. The summed E-state index contributed by atoms with van der Waals surface area (Å²) in [5.74, 6) is 0.962. The van der Waals surface area contributed by atoms with Crippen molar-refractivity contribution in [3.63, 3.8) is 0 Å². The van der Waals surface area contributed by atoms with E-state index in [0.29, 0.717) is 32.9 Å². The summed E-state index contributed by atoms with van der Waals surface area (Å²) in [5.41, 5.74) is 0.761. The van der Waals surface area contributed by atoms with E-state index >= 15 is 0 Å². The van der Waals surface area contributed by atoms with Crippen LogP contribution in [0.15, 0.2) is 39.9 Å². The number of hydrogen-bond acceptors (Lipinski definition) is 6. The molecule has 7 nitrogen and oxygen atoms in total. The Labute approximate surface area is 158 Å². The van der Waals surface area contributed by atoms with Gasteiger partial charge in [-0.1, -0.05) is 0 Å². The van der Waals surface area contributed by atoms with Gasteiger partial charge in [0.15, 0.2) is 5.72 Å². The Morgan fingerprint density at radius 3 is 2.81 bits per heavy atom. The molecule has 0 saturated carbocycles. The van der Waals surface area contributed by atoms with Crippen molar-refractivity contribution in [2.45, 2.75) is 26.5 Å². The van der Waals surface area contributed by atoms with Gasteiger partial charge in [-0.05, 0) is 54.0 Å². The highest BCUT2D eigenvalue weighted by atomic mass is 79.9. The van der Waals surface area contributed by atoms with Gasteiger partial charge in [-0.25, -0.2) is 9.98 Å². The van der Waals surface area contributed by atoms with Crippen LogP contribution in [0, 0.1) is 11.3 Å². The summed E-state index contributed by atoms with van der Waals surface area (Å²) >= 11 is 3.38. The highest BCUT2D eigenvalue weighted by Gasteiger charge is 2.30. The lowest BCUT2D eigenvalue weighted by Gasteiger charge is -2.29. The molecule has 1 aromatic heterocycles. The van der Waals surface area contributed by atoms with E-state index in [9.17, 15) is 4.79 Å². The fourth-order valence-corrected chi connectivity index (χ4v) is 2.82. The topological polar surface area (TPSA) is 96.6 Å². The normalized spacial score (nSPS) is 14.3. The maximum atomic E-state index is 11.2. The van der Waals surface area contributed by atoms with Crippen LogP contribution in [-0.2, 0) is 4.79 Å². The lowest BCUT2D eigenvalue weighted by Crippen LogP contribution is -2.34. The fourth-order valence-electron chi connectivity index (χ4n) is 2.39. The summed E-state index contributed by atoms with van der Waals surface area (Å²) in [7, 11) is 0. The number of nitriles is 1. The Morgan fingerprint density at radius 2 is 2.15 bits per heavy atom. The third-order valence-corrected chi connectivity index (χ3v) is 3.96. The van der Waals surface area contributed by atoms with Gasteiger partial charge in [0.05, 0.1) is 33.6 Å². The average molecular weight is 415 g/mol. The number of carbonyl (C=O) groups excluding carboxylic acids is 1. The van der Waals surface area contributed by atoms with Crippen LogP contribution in [0.4, 0.5) is 5.69 Å². The SMILES string of the molecule is CC(=O)Nc1cnc(OC2=NC(C)(C)Oc3ccc(C#N)cc32)c(Br)c1. The molecule has 0 bridgehead atoms. The monoisotopic (exact) mass is 414 g/mol. The predicted octanol–water partition coefficient (Wildman–Crippen LogP) is 3.63. The summed E-state index contributed by atoms with van der Waals surface area (Å²) in [4.78, 5) is 19.8.